The van der Waals surface area contributed by atoms with Gasteiger partial charge in [0.05, 0.1) is 12.4 Å². The summed E-state index contributed by atoms with van der Waals surface area (Å²) in [5, 5.41) is 15.2. The number of amides is 2. The second-order valence-electron chi connectivity index (χ2n) is 10.8. The Kier molecular flexibility index (Phi) is 6.99. The van der Waals surface area contributed by atoms with Crippen molar-refractivity contribution in [1.29, 1.82) is 0 Å². The minimum absolute atomic E-state index is 0.0685. The van der Waals surface area contributed by atoms with Gasteiger partial charge in [0.2, 0.25) is 5.91 Å². The fraction of sp³-hybridized carbons (Fsp3) is 0.500. The Balaban J connectivity index is 1.26. The lowest BCUT2D eigenvalue weighted by atomic mass is 9.83. The molecule has 39 heavy (non-hydrogen) atoms. The summed E-state index contributed by atoms with van der Waals surface area (Å²) in [5.74, 6) is -0.289. The third kappa shape index (κ3) is 5.10. The van der Waals surface area contributed by atoms with Crippen LogP contribution in [-0.2, 0) is 27.2 Å². The summed E-state index contributed by atoms with van der Waals surface area (Å²) in [5.41, 5.74) is 2.96. The summed E-state index contributed by atoms with van der Waals surface area (Å²) in [7, 11) is 0. The van der Waals surface area contributed by atoms with Crippen LogP contribution in [0.25, 0.3) is 10.9 Å². The van der Waals surface area contributed by atoms with E-state index in [9.17, 15) is 19.5 Å². The van der Waals surface area contributed by atoms with Gasteiger partial charge >= 0.3 is 6.16 Å². The van der Waals surface area contributed by atoms with E-state index in [1.54, 1.807) is 11.1 Å². The predicted octanol–water partition coefficient (Wildman–Crippen LogP) is 2.81. The van der Waals surface area contributed by atoms with Gasteiger partial charge in [-0.1, -0.05) is 50.3 Å². The number of ether oxygens (including phenoxy) is 2. The predicted molar refractivity (Wildman–Crippen MR) is 140 cm³/mol. The third-order valence-electron chi connectivity index (χ3n) is 8.31. The number of nitrogens with zero attached hydrogens (tertiary/aromatic N) is 2. The first-order valence-corrected chi connectivity index (χ1v) is 13.7. The number of fused-ring (bicyclic) bond motifs is 3. The maximum Gasteiger partial charge on any atom is 0.508 e. The molecule has 11 heteroatoms. The minimum Gasteiger partial charge on any atom is -0.430 e. The lowest BCUT2D eigenvalue weighted by molar-refractivity contribution is -0.128. The van der Waals surface area contributed by atoms with Gasteiger partial charge in [-0.15, -0.1) is 0 Å². The lowest BCUT2D eigenvalue weighted by Gasteiger charge is -2.34. The number of carbonyl (C=O) groups is 3. The standard InChI is InChI=1S/C28H33N5O6/c34-25(23-14-38-28(37)39-23)21(10-16-6-2-1-3-7-16)32-26(35)22(11-17-12-29-15-30-17)33-13-19-18-8-4-5-9-20(18)31-24(19)27(33)36/h4-5,8-9,12,15-16,21-23,25,31,34H,1-3,6-7,10-11,13-14H2,(H,29,30)(H,32,35)/t21-,22-,23?,25+/m0/s1. The van der Waals surface area contributed by atoms with Crippen LogP contribution in [0.15, 0.2) is 36.8 Å². The van der Waals surface area contributed by atoms with Gasteiger partial charge in [0, 0.05) is 41.3 Å². The Morgan fingerprint density at radius 2 is 2.03 bits per heavy atom. The number of H-pyrrole nitrogens is 2. The van der Waals surface area contributed by atoms with Gasteiger partial charge in [-0.05, 0) is 18.4 Å². The number of nitrogens with one attached hydrogen (secondary N) is 3. The molecule has 0 radical (unpaired) electrons. The Hall–Kier alpha value is -3.86. The van der Waals surface area contributed by atoms with Crippen LogP contribution in [0.1, 0.15) is 60.3 Å². The molecule has 4 N–H and O–H groups in total. The molecule has 6 rings (SSSR count). The molecule has 1 saturated carbocycles. The number of hydrogen-bond acceptors (Lipinski definition) is 7. The van der Waals surface area contributed by atoms with Crippen LogP contribution < -0.4 is 5.32 Å². The van der Waals surface area contributed by atoms with Gasteiger partial charge in [-0.2, -0.15) is 0 Å². The molecule has 4 heterocycles. The molecular formula is C28H33N5O6. The van der Waals surface area contributed by atoms with E-state index in [2.05, 4.69) is 20.3 Å². The average molecular weight is 536 g/mol. The smallest absolute Gasteiger partial charge is 0.430 e. The van der Waals surface area contributed by atoms with E-state index in [0.717, 1.165) is 42.1 Å². The number of aromatic nitrogens is 3. The number of hydrogen-bond donors (Lipinski definition) is 4. The second-order valence-corrected chi connectivity index (χ2v) is 10.8. The zero-order valence-electron chi connectivity index (χ0n) is 21.6. The van der Waals surface area contributed by atoms with Crippen LogP contribution in [0.2, 0.25) is 0 Å². The number of imidazole rings is 1. The highest BCUT2D eigenvalue weighted by atomic mass is 16.8. The fourth-order valence-corrected chi connectivity index (χ4v) is 6.25. The Bertz CT molecular complexity index is 1350. The van der Waals surface area contributed by atoms with Gasteiger partial charge in [0.1, 0.15) is 24.4 Å². The number of aromatic amines is 2. The molecule has 4 atom stereocenters. The molecule has 1 saturated heterocycles. The van der Waals surface area contributed by atoms with E-state index in [4.69, 9.17) is 9.47 Å². The highest BCUT2D eigenvalue weighted by Gasteiger charge is 2.42. The van der Waals surface area contributed by atoms with E-state index >= 15 is 0 Å². The summed E-state index contributed by atoms with van der Waals surface area (Å²) in [6, 6.07) is 6.22. The van der Waals surface area contributed by atoms with Crippen molar-refractivity contribution in [2.45, 2.75) is 75.8 Å². The molecule has 1 aliphatic carbocycles. The van der Waals surface area contributed by atoms with Crippen molar-refractivity contribution in [2.75, 3.05) is 6.61 Å². The number of carbonyl (C=O) groups excluding carboxylic acids is 3. The first-order chi connectivity index (χ1) is 19.0. The number of benzene rings is 1. The molecule has 1 unspecified atom stereocenters. The van der Waals surface area contributed by atoms with Gasteiger partial charge in [-0.25, -0.2) is 9.78 Å². The van der Waals surface area contributed by atoms with Crippen LogP contribution in [0.4, 0.5) is 4.79 Å². The Morgan fingerprint density at radius 1 is 1.21 bits per heavy atom. The SMILES string of the molecule is O=C1OCC([C@H](O)[C@H](CC2CCCCC2)NC(=O)[C@H](Cc2cnc[nH]2)N2Cc3c([nH]c4ccccc34)C2=O)O1. The normalized spacial score (nSPS) is 21.9. The topological polar surface area (TPSA) is 150 Å². The summed E-state index contributed by atoms with van der Waals surface area (Å²) in [6.45, 7) is 0.218. The number of rotatable bonds is 9. The number of aliphatic hydroxyl groups is 1. The van der Waals surface area contributed by atoms with E-state index < -0.39 is 30.4 Å². The molecular weight excluding hydrogens is 502 g/mol. The molecule has 3 aliphatic rings. The van der Waals surface area contributed by atoms with Crippen LogP contribution in [0.5, 0.6) is 0 Å². The zero-order chi connectivity index (χ0) is 26.9. The summed E-state index contributed by atoms with van der Waals surface area (Å²) < 4.78 is 10.1. The molecule has 2 amide bonds. The van der Waals surface area contributed by atoms with Gasteiger partial charge in [0.25, 0.3) is 5.91 Å². The third-order valence-corrected chi connectivity index (χ3v) is 8.31. The van der Waals surface area contributed by atoms with Crippen molar-refractivity contribution in [1.82, 2.24) is 25.2 Å². The number of para-hydroxylation sites is 1. The van der Waals surface area contributed by atoms with Crippen molar-refractivity contribution < 1.29 is 29.0 Å². The van der Waals surface area contributed by atoms with E-state index in [1.165, 1.54) is 12.7 Å². The summed E-state index contributed by atoms with van der Waals surface area (Å²) in [6.07, 6.45) is 6.57. The molecule has 0 spiro atoms. The van der Waals surface area contributed by atoms with E-state index in [0.29, 0.717) is 23.7 Å². The second kappa shape index (κ2) is 10.7. The van der Waals surface area contributed by atoms with Gasteiger partial charge in [-0.3, -0.25) is 9.59 Å². The van der Waals surface area contributed by atoms with Gasteiger partial charge < -0.3 is 34.8 Å². The van der Waals surface area contributed by atoms with E-state index in [-0.39, 0.29) is 31.4 Å². The van der Waals surface area contributed by atoms with Gasteiger partial charge in [0.15, 0.2) is 6.10 Å². The molecule has 2 fully saturated rings. The minimum atomic E-state index is -1.14. The van der Waals surface area contributed by atoms with Crippen LogP contribution in [0, 0.1) is 5.92 Å². The monoisotopic (exact) mass is 535 g/mol. The van der Waals surface area contributed by atoms with Crippen LogP contribution in [-0.4, -0.2) is 73.8 Å². The molecule has 11 nitrogen and oxygen atoms in total. The van der Waals surface area contributed by atoms with Crippen molar-refractivity contribution in [2.24, 2.45) is 5.92 Å². The summed E-state index contributed by atoms with van der Waals surface area (Å²) >= 11 is 0. The summed E-state index contributed by atoms with van der Waals surface area (Å²) in [4.78, 5) is 51.0. The van der Waals surface area contributed by atoms with Crippen molar-refractivity contribution >= 4 is 28.9 Å². The zero-order valence-corrected chi connectivity index (χ0v) is 21.6. The molecule has 0 bridgehead atoms. The van der Waals surface area contributed by atoms with Crippen LogP contribution >= 0.6 is 0 Å². The highest BCUT2D eigenvalue weighted by Crippen LogP contribution is 2.33. The molecule has 2 aliphatic heterocycles. The first-order valence-electron chi connectivity index (χ1n) is 13.7. The largest absolute Gasteiger partial charge is 0.508 e. The average Bonchev–Trinajstić information content (AvgIpc) is 3.74. The number of aliphatic hydroxyl groups excluding tert-OH is 1. The Labute approximate surface area is 225 Å². The van der Waals surface area contributed by atoms with E-state index in [1.807, 2.05) is 24.3 Å². The fourth-order valence-electron chi connectivity index (χ4n) is 6.25. The quantitative estimate of drug-likeness (QED) is 0.308. The lowest BCUT2D eigenvalue weighted by Crippen LogP contribution is -2.56. The molecule has 206 valence electrons. The first kappa shape index (κ1) is 25.4. The molecule has 1 aromatic carbocycles. The number of cyclic esters (lactones) is 2. The van der Waals surface area contributed by atoms with Crippen molar-refractivity contribution in [3.05, 3.63) is 53.7 Å². The highest BCUT2D eigenvalue weighted by molar-refractivity contribution is 6.05. The Morgan fingerprint density at radius 3 is 2.77 bits per heavy atom. The van der Waals surface area contributed by atoms with Crippen molar-refractivity contribution in [3.63, 3.8) is 0 Å². The maximum absolute atomic E-state index is 14.0. The van der Waals surface area contributed by atoms with Crippen LogP contribution in [0.3, 0.4) is 0 Å². The molecule has 3 aromatic rings. The van der Waals surface area contributed by atoms with Crippen molar-refractivity contribution in [3.8, 4) is 0 Å². The molecule has 2 aromatic heterocycles. The maximum atomic E-state index is 14.0.